The quantitative estimate of drug-likeness (QED) is 0.908. The van der Waals surface area contributed by atoms with Gasteiger partial charge in [-0.3, -0.25) is 0 Å². The second-order valence-corrected chi connectivity index (χ2v) is 5.06. The molecule has 2 aromatic rings. The zero-order chi connectivity index (χ0) is 12.4. The van der Waals surface area contributed by atoms with Gasteiger partial charge in [0, 0.05) is 9.85 Å². The fourth-order valence-corrected chi connectivity index (χ4v) is 2.35. The van der Waals surface area contributed by atoms with Crippen molar-refractivity contribution in [2.24, 2.45) is 0 Å². The molecule has 0 saturated heterocycles. The van der Waals surface area contributed by atoms with Crippen LogP contribution in [0.25, 0.3) is 0 Å². The van der Waals surface area contributed by atoms with Gasteiger partial charge < -0.3 is 10.4 Å². The van der Waals surface area contributed by atoms with Gasteiger partial charge in [-0.15, -0.1) is 11.3 Å². The van der Waals surface area contributed by atoms with Gasteiger partial charge in [-0.25, -0.2) is 9.78 Å². The number of aryl methyl sites for hydroxylation is 1. The average Bonchev–Trinajstić information content (AvgIpc) is 2.73. The molecule has 0 amide bonds. The van der Waals surface area contributed by atoms with Gasteiger partial charge >= 0.3 is 5.97 Å². The number of nitrogens with one attached hydrogen (secondary N) is 1. The fourth-order valence-electron chi connectivity index (χ4n) is 1.29. The third-order valence-corrected chi connectivity index (χ3v) is 3.97. The van der Waals surface area contributed by atoms with Crippen LogP contribution < -0.4 is 5.32 Å². The Bertz CT molecular complexity index is 568. The van der Waals surface area contributed by atoms with Gasteiger partial charge in [-0.1, -0.05) is 12.1 Å². The summed E-state index contributed by atoms with van der Waals surface area (Å²) in [6, 6.07) is 5.81. The maximum absolute atomic E-state index is 10.7. The first-order chi connectivity index (χ1) is 8.08. The predicted octanol–water partition coefficient (Wildman–Crippen LogP) is 3.66. The average molecular weight is 313 g/mol. The molecule has 6 heteroatoms. The molecule has 4 nitrogen and oxygen atoms in total. The van der Waals surface area contributed by atoms with Crippen molar-refractivity contribution < 1.29 is 9.90 Å². The molecular weight excluding hydrogens is 304 g/mol. The summed E-state index contributed by atoms with van der Waals surface area (Å²) >= 11 is 4.73. The van der Waals surface area contributed by atoms with E-state index in [0.717, 1.165) is 15.7 Å². The third kappa shape index (κ3) is 2.65. The van der Waals surface area contributed by atoms with Gasteiger partial charge in [-0.05, 0) is 34.5 Å². The van der Waals surface area contributed by atoms with Crippen LogP contribution in [0.15, 0.2) is 28.1 Å². The summed E-state index contributed by atoms with van der Waals surface area (Å²) in [5.41, 5.74) is 2.03. The summed E-state index contributed by atoms with van der Waals surface area (Å²) in [5.74, 6) is -1.02. The van der Waals surface area contributed by atoms with Crippen LogP contribution in [0.5, 0.6) is 0 Å². The number of aromatic nitrogens is 1. The lowest BCUT2D eigenvalue weighted by atomic mass is 10.2. The lowest BCUT2D eigenvalue weighted by Gasteiger charge is -2.07. The predicted molar refractivity (Wildman–Crippen MR) is 71.2 cm³/mol. The standard InChI is InChI=1S/C11H9BrN2O2S/c1-6-3-2-4-7(9(6)12)13-11-14-8(5-17-11)10(15)16/h2-5H,1H3,(H,13,14)(H,15,16). The van der Waals surface area contributed by atoms with Crippen molar-refractivity contribution in [2.75, 3.05) is 5.32 Å². The molecule has 0 spiro atoms. The Morgan fingerprint density at radius 1 is 1.53 bits per heavy atom. The Labute approximate surface area is 110 Å². The Kier molecular flexibility index (Phi) is 3.44. The summed E-state index contributed by atoms with van der Waals surface area (Å²) in [5, 5.41) is 13.9. The summed E-state index contributed by atoms with van der Waals surface area (Å²) in [7, 11) is 0. The third-order valence-electron chi connectivity index (χ3n) is 2.16. The summed E-state index contributed by atoms with van der Waals surface area (Å²) in [4.78, 5) is 14.7. The van der Waals surface area contributed by atoms with Crippen molar-refractivity contribution in [3.8, 4) is 0 Å². The fraction of sp³-hybridized carbons (Fsp3) is 0.0909. The van der Waals surface area contributed by atoms with E-state index in [4.69, 9.17) is 5.11 Å². The lowest BCUT2D eigenvalue weighted by Crippen LogP contribution is -1.97. The minimum absolute atomic E-state index is 0.0567. The number of aromatic carboxylic acids is 1. The highest BCUT2D eigenvalue weighted by Gasteiger charge is 2.10. The van der Waals surface area contributed by atoms with E-state index in [1.807, 2.05) is 25.1 Å². The molecule has 17 heavy (non-hydrogen) atoms. The van der Waals surface area contributed by atoms with Crippen molar-refractivity contribution in [3.05, 3.63) is 39.3 Å². The van der Waals surface area contributed by atoms with Crippen molar-refractivity contribution in [1.29, 1.82) is 0 Å². The highest BCUT2D eigenvalue weighted by atomic mass is 79.9. The van der Waals surface area contributed by atoms with Crippen molar-refractivity contribution in [1.82, 2.24) is 4.98 Å². The Morgan fingerprint density at radius 2 is 2.29 bits per heavy atom. The van der Waals surface area contributed by atoms with Crippen molar-refractivity contribution in [2.45, 2.75) is 6.92 Å². The highest BCUT2D eigenvalue weighted by Crippen LogP contribution is 2.29. The van der Waals surface area contributed by atoms with E-state index in [9.17, 15) is 4.79 Å². The molecule has 0 aliphatic rings. The number of rotatable bonds is 3. The summed E-state index contributed by atoms with van der Waals surface area (Å²) in [6.07, 6.45) is 0. The molecule has 0 aliphatic carbocycles. The van der Waals surface area contributed by atoms with Crippen LogP contribution in [0, 0.1) is 6.92 Å². The first-order valence-corrected chi connectivity index (χ1v) is 6.46. The van der Waals surface area contributed by atoms with Gasteiger partial charge in [0.2, 0.25) is 0 Å². The minimum atomic E-state index is -1.02. The number of anilines is 2. The largest absolute Gasteiger partial charge is 0.476 e. The molecule has 0 aliphatic heterocycles. The number of hydrogen-bond acceptors (Lipinski definition) is 4. The van der Waals surface area contributed by atoms with E-state index < -0.39 is 5.97 Å². The smallest absolute Gasteiger partial charge is 0.355 e. The number of benzene rings is 1. The molecule has 0 unspecified atom stereocenters. The van der Waals surface area contributed by atoms with E-state index in [2.05, 4.69) is 26.2 Å². The first kappa shape index (κ1) is 12.1. The van der Waals surface area contributed by atoms with Crippen LogP contribution in [0.3, 0.4) is 0 Å². The van der Waals surface area contributed by atoms with E-state index in [1.54, 1.807) is 0 Å². The number of carboxylic acid groups (broad SMARTS) is 1. The molecule has 1 heterocycles. The van der Waals surface area contributed by atoms with E-state index >= 15 is 0 Å². The number of thiazole rings is 1. The SMILES string of the molecule is Cc1cccc(Nc2nc(C(=O)O)cs2)c1Br. The highest BCUT2D eigenvalue weighted by molar-refractivity contribution is 9.10. The molecule has 0 bridgehead atoms. The Balaban J connectivity index is 2.25. The summed E-state index contributed by atoms with van der Waals surface area (Å²) in [6.45, 7) is 1.99. The van der Waals surface area contributed by atoms with Crippen LogP contribution in [-0.4, -0.2) is 16.1 Å². The minimum Gasteiger partial charge on any atom is -0.476 e. The normalized spacial score (nSPS) is 10.2. The molecule has 1 aromatic heterocycles. The van der Waals surface area contributed by atoms with Gasteiger partial charge in [0.05, 0.1) is 5.69 Å². The topological polar surface area (TPSA) is 62.2 Å². The lowest BCUT2D eigenvalue weighted by molar-refractivity contribution is 0.0691. The molecule has 2 rings (SSSR count). The van der Waals surface area contributed by atoms with E-state index in [1.165, 1.54) is 16.7 Å². The molecular formula is C11H9BrN2O2S. The van der Waals surface area contributed by atoms with Crippen molar-refractivity contribution in [3.63, 3.8) is 0 Å². The van der Waals surface area contributed by atoms with Gasteiger partial charge in [-0.2, -0.15) is 0 Å². The molecule has 0 radical (unpaired) electrons. The van der Waals surface area contributed by atoms with Gasteiger partial charge in [0.15, 0.2) is 10.8 Å². The van der Waals surface area contributed by atoms with E-state index in [0.29, 0.717) is 5.13 Å². The Morgan fingerprint density at radius 3 is 2.94 bits per heavy atom. The van der Waals surface area contributed by atoms with Crippen molar-refractivity contribution >= 4 is 44.1 Å². The van der Waals surface area contributed by atoms with Crippen LogP contribution >= 0.6 is 27.3 Å². The zero-order valence-corrected chi connectivity index (χ0v) is 11.3. The second kappa shape index (κ2) is 4.85. The van der Waals surface area contributed by atoms with Crippen LogP contribution in [0.4, 0.5) is 10.8 Å². The Hall–Kier alpha value is -1.40. The number of nitrogens with zero attached hydrogens (tertiary/aromatic N) is 1. The molecule has 1 aromatic carbocycles. The van der Waals surface area contributed by atoms with Crippen LogP contribution in [-0.2, 0) is 0 Å². The maximum Gasteiger partial charge on any atom is 0.355 e. The molecule has 0 atom stereocenters. The number of carbonyl (C=O) groups is 1. The van der Waals surface area contributed by atoms with Crippen LogP contribution in [0.2, 0.25) is 0 Å². The summed E-state index contributed by atoms with van der Waals surface area (Å²) < 4.78 is 0.951. The first-order valence-electron chi connectivity index (χ1n) is 4.79. The molecule has 0 saturated carbocycles. The van der Waals surface area contributed by atoms with Crippen LogP contribution in [0.1, 0.15) is 16.1 Å². The molecule has 2 N–H and O–H groups in total. The van der Waals surface area contributed by atoms with E-state index in [-0.39, 0.29) is 5.69 Å². The number of carboxylic acids is 1. The molecule has 88 valence electrons. The monoisotopic (exact) mass is 312 g/mol. The number of halogens is 1. The van der Waals surface area contributed by atoms with Gasteiger partial charge in [0.1, 0.15) is 0 Å². The molecule has 0 fully saturated rings. The van der Waals surface area contributed by atoms with Gasteiger partial charge in [0.25, 0.3) is 0 Å². The maximum atomic E-state index is 10.7. The zero-order valence-electron chi connectivity index (χ0n) is 8.90. The second-order valence-electron chi connectivity index (χ2n) is 3.40. The number of hydrogen-bond donors (Lipinski definition) is 2.